The van der Waals surface area contributed by atoms with Gasteiger partial charge in [-0.25, -0.2) is 0 Å². The van der Waals surface area contributed by atoms with Crippen LogP contribution in [0.2, 0.25) is 0 Å². The minimum atomic E-state index is -1.22. The van der Waals surface area contributed by atoms with Gasteiger partial charge >= 0.3 is 0 Å². The number of hydrogen-bond donors (Lipinski definition) is 3. The quantitative estimate of drug-likeness (QED) is 0.679. The molecule has 0 saturated carbocycles. The lowest BCUT2D eigenvalue weighted by molar-refractivity contribution is -0.0550. The summed E-state index contributed by atoms with van der Waals surface area (Å²) < 4.78 is 7.74. The molecule has 2 aromatic heterocycles. The highest BCUT2D eigenvalue weighted by atomic mass is 32.1. The van der Waals surface area contributed by atoms with Crippen LogP contribution in [0.25, 0.3) is 10.4 Å². The lowest BCUT2D eigenvalue weighted by Gasteiger charge is -2.29. The van der Waals surface area contributed by atoms with Crippen molar-refractivity contribution in [3.63, 3.8) is 0 Å². The van der Waals surface area contributed by atoms with Crippen LogP contribution in [-0.2, 0) is 17.6 Å². The van der Waals surface area contributed by atoms with Crippen molar-refractivity contribution in [1.29, 1.82) is 5.26 Å². The smallest absolute Gasteiger partial charge is 0.164 e. The van der Waals surface area contributed by atoms with Crippen LogP contribution in [0.15, 0.2) is 17.5 Å². The van der Waals surface area contributed by atoms with E-state index in [1.54, 1.807) is 15.9 Å². The topological polar surface area (TPSA) is 98.6 Å². The maximum atomic E-state index is 10.5. The molecular formula is C19H20N2O4S2. The van der Waals surface area contributed by atoms with E-state index in [1.165, 1.54) is 0 Å². The molecule has 2 aromatic rings. The van der Waals surface area contributed by atoms with Crippen LogP contribution in [0.1, 0.15) is 35.9 Å². The molecular weight excluding hydrogens is 384 g/mol. The van der Waals surface area contributed by atoms with Gasteiger partial charge in [-0.3, -0.25) is 0 Å². The number of nitrogens with zero attached hydrogens (tertiary/aromatic N) is 2. The maximum absolute atomic E-state index is 10.5. The second kappa shape index (κ2) is 7.43. The van der Waals surface area contributed by atoms with Crippen molar-refractivity contribution in [3.05, 3.63) is 39.0 Å². The Kier molecular flexibility index (Phi) is 5.16. The average molecular weight is 405 g/mol. The second-order valence-corrected chi connectivity index (χ2v) is 8.21. The van der Waals surface area contributed by atoms with E-state index in [0.29, 0.717) is 10.2 Å². The van der Waals surface area contributed by atoms with E-state index >= 15 is 0 Å². The molecule has 3 heterocycles. The van der Waals surface area contributed by atoms with Gasteiger partial charge < -0.3 is 24.6 Å². The first-order valence-corrected chi connectivity index (χ1v) is 10.2. The van der Waals surface area contributed by atoms with Crippen LogP contribution >= 0.6 is 23.6 Å². The van der Waals surface area contributed by atoms with Gasteiger partial charge in [0, 0.05) is 16.1 Å². The highest BCUT2D eigenvalue weighted by Gasteiger charge is 2.44. The molecule has 1 fully saturated rings. The van der Waals surface area contributed by atoms with Crippen LogP contribution in [-0.4, -0.2) is 44.8 Å². The summed E-state index contributed by atoms with van der Waals surface area (Å²) in [4.78, 5) is 1.00. The zero-order chi connectivity index (χ0) is 19.1. The van der Waals surface area contributed by atoms with Crippen LogP contribution in [0.3, 0.4) is 0 Å². The molecule has 0 amide bonds. The molecule has 0 aromatic carbocycles. The maximum Gasteiger partial charge on any atom is 0.164 e. The van der Waals surface area contributed by atoms with Crippen molar-refractivity contribution in [2.24, 2.45) is 0 Å². The van der Waals surface area contributed by atoms with Gasteiger partial charge in [0.15, 0.2) is 6.23 Å². The SMILES string of the molecule is N#Cc1c(-c2cccs2)c2c(n(C3O[C@H](CO)[C@@H](O)[C@H]3O)c1=S)CCCC2. The monoisotopic (exact) mass is 404 g/mol. The number of ether oxygens (including phenoxy) is 1. The molecule has 1 saturated heterocycles. The molecule has 8 heteroatoms. The Balaban J connectivity index is 1.97. The molecule has 1 aliphatic heterocycles. The predicted molar refractivity (Wildman–Crippen MR) is 103 cm³/mol. The van der Waals surface area contributed by atoms with Gasteiger partial charge in [0.05, 0.1) is 12.2 Å². The van der Waals surface area contributed by atoms with Crippen LogP contribution < -0.4 is 0 Å². The number of thiophene rings is 1. The Morgan fingerprint density at radius 3 is 2.70 bits per heavy atom. The summed E-state index contributed by atoms with van der Waals surface area (Å²) in [6, 6.07) is 6.19. The highest BCUT2D eigenvalue weighted by Crippen LogP contribution is 2.40. The zero-order valence-electron chi connectivity index (χ0n) is 14.5. The van der Waals surface area contributed by atoms with Gasteiger partial charge in [0.1, 0.15) is 29.0 Å². The summed E-state index contributed by atoms with van der Waals surface area (Å²) in [5, 5.41) is 41.9. The van der Waals surface area contributed by atoms with E-state index < -0.39 is 31.1 Å². The van der Waals surface area contributed by atoms with Crippen molar-refractivity contribution in [1.82, 2.24) is 4.57 Å². The van der Waals surface area contributed by atoms with Gasteiger partial charge in [-0.05, 0) is 42.7 Å². The summed E-state index contributed by atoms with van der Waals surface area (Å²) in [7, 11) is 0. The number of aliphatic hydroxyl groups excluding tert-OH is 3. The molecule has 4 atom stereocenters. The Morgan fingerprint density at radius 2 is 2.07 bits per heavy atom. The number of nitriles is 1. The number of aromatic nitrogens is 1. The van der Waals surface area contributed by atoms with Crippen molar-refractivity contribution in [2.75, 3.05) is 6.61 Å². The molecule has 4 rings (SSSR count). The second-order valence-electron chi connectivity index (χ2n) is 6.88. The lowest BCUT2D eigenvalue weighted by Crippen LogP contribution is -2.34. The minimum absolute atomic E-state index is 0.302. The van der Waals surface area contributed by atoms with Gasteiger partial charge in [-0.2, -0.15) is 5.26 Å². The summed E-state index contributed by atoms with van der Waals surface area (Å²) in [5.74, 6) is 0. The Bertz CT molecular complexity index is 948. The number of pyridine rings is 1. The molecule has 1 unspecified atom stereocenters. The summed E-state index contributed by atoms with van der Waals surface area (Å²) in [6.45, 7) is -0.400. The fraction of sp³-hybridized carbons (Fsp3) is 0.474. The van der Waals surface area contributed by atoms with E-state index in [4.69, 9.17) is 17.0 Å². The molecule has 1 aliphatic carbocycles. The number of aliphatic hydroxyl groups is 3. The molecule has 3 N–H and O–H groups in total. The third-order valence-corrected chi connectivity index (χ3v) is 6.65. The molecule has 6 nitrogen and oxygen atoms in total. The number of hydrogen-bond acceptors (Lipinski definition) is 7. The van der Waals surface area contributed by atoms with E-state index in [-0.39, 0.29) is 0 Å². The Labute approximate surface area is 165 Å². The Morgan fingerprint density at radius 1 is 1.30 bits per heavy atom. The van der Waals surface area contributed by atoms with Crippen LogP contribution in [0.4, 0.5) is 0 Å². The largest absolute Gasteiger partial charge is 0.394 e. The zero-order valence-corrected chi connectivity index (χ0v) is 16.2. The predicted octanol–water partition coefficient (Wildman–Crippen LogP) is 2.31. The minimum Gasteiger partial charge on any atom is -0.394 e. The van der Waals surface area contributed by atoms with E-state index in [1.807, 2.05) is 17.5 Å². The van der Waals surface area contributed by atoms with Gasteiger partial charge in [0.2, 0.25) is 0 Å². The summed E-state index contributed by atoms with van der Waals surface area (Å²) in [5.41, 5.74) is 3.29. The molecule has 142 valence electrons. The van der Waals surface area contributed by atoms with Gasteiger partial charge in [-0.15, -0.1) is 11.3 Å². The average Bonchev–Trinajstić information content (AvgIpc) is 3.30. The summed E-state index contributed by atoms with van der Waals surface area (Å²) in [6.07, 6.45) is -0.649. The molecule has 2 aliphatic rings. The fourth-order valence-electron chi connectivity index (χ4n) is 4.08. The lowest BCUT2D eigenvalue weighted by atomic mass is 9.89. The molecule has 27 heavy (non-hydrogen) atoms. The first-order chi connectivity index (χ1) is 13.1. The molecule has 0 radical (unpaired) electrons. The number of rotatable bonds is 3. The highest BCUT2D eigenvalue weighted by molar-refractivity contribution is 7.71. The van der Waals surface area contributed by atoms with Gasteiger partial charge in [0.25, 0.3) is 0 Å². The van der Waals surface area contributed by atoms with Crippen LogP contribution in [0, 0.1) is 16.0 Å². The van der Waals surface area contributed by atoms with E-state index in [9.17, 15) is 20.6 Å². The van der Waals surface area contributed by atoms with Crippen molar-refractivity contribution in [3.8, 4) is 16.5 Å². The standard InChI is InChI=1S/C19H20N2O4S2/c20-8-11-15(14-6-3-7-27-14)10-4-1-2-5-12(10)21(19(11)26)18-17(24)16(23)13(9-22)25-18/h3,6-7,13,16-18,22-24H,1-2,4-5,9H2/t13-,16-,17-,18?/m1/s1. The van der Waals surface area contributed by atoms with Crippen molar-refractivity contribution in [2.45, 2.75) is 50.2 Å². The first-order valence-electron chi connectivity index (χ1n) is 8.95. The van der Waals surface area contributed by atoms with E-state index in [2.05, 4.69) is 6.07 Å². The van der Waals surface area contributed by atoms with Crippen molar-refractivity contribution < 1.29 is 20.1 Å². The summed E-state index contributed by atoms with van der Waals surface area (Å²) >= 11 is 7.22. The van der Waals surface area contributed by atoms with Crippen molar-refractivity contribution >= 4 is 23.6 Å². The molecule has 0 bridgehead atoms. The normalized spacial score (nSPS) is 27.3. The number of fused-ring (bicyclic) bond motifs is 1. The van der Waals surface area contributed by atoms with Crippen LogP contribution in [0.5, 0.6) is 0 Å². The third kappa shape index (κ3) is 2.95. The first kappa shape index (κ1) is 18.7. The fourth-order valence-corrected chi connectivity index (χ4v) is 5.25. The third-order valence-electron chi connectivity index (χ3n) is 5.36. The van der Waals surface area contributed by atoms with Gasteiger partial charge in [-0.1, -0.05) is 18.3 Å². The Hall–Kier alpha value is -1.60. The molecule has 0 spiro atoms. The van der Waals surface area contributed by atoms with E-state index in [0.717, 1.165) is 47.4 Å².